The number of rotatable bonds is 7. The topological polar surface area (TPSA) is 110 Å². The molecule has 3 aromatic rings. The fourth-order valence-corrected chi connectivity index (χ4v) is 3.45. The zero-order chi connectivity index (χ0) is 21.8. The van der Waals surface area contributed by atoms with Crippen LogP contribution in [0.2, 0.25) is 10.0 Å². The molecule has 0 aliphatic carbocycles. The Morgan fingerprint density at radius 1 is 1.17 bits per heavy atom. The molecule has 0 aliphatic heterocycles. The van der Waals surface area contributed by atoms with Crippen molar-refractivity contribution in [1.29, 1.82) is 0 Å². The number of carbonyl (C=O) groups is 1. The second kappa shape index (κ2) is 9.38. The maximum absolute atomic E-state index is 12.2. The molecule has 2 aromatic heterocycles. The number of aliphatic hydroxyl groups is 1. The van der Waals surface area contributed by atoms with Gasteiger partial charge in [0, 0.05) is 16.7 Å². The molecule has 0 spiro atoms. The molecule has 0 saturated carbocycles. The monoisotopic (exact) mass is 452 g/mol. The third-order valence-electron chi connectivity index (χ3n) is 4.32. The van der Waals surface area contributed by atoms with E-state index in [0.717, 1.165) is 6.07 Å². The molecule has 0 aliphatic rings. The molecule has 0 unspecified atom stereocenters. The van der Waals surface area contributed by atoms with Gasteiger partial charge in [-0.3, -0.25) is 9.59 Å². The van der Waals surface area contributed by atoms with Crippen molar-refractivity contribution in [3.05, 3.63) is 73.9 Å². The zero-order valence-corrected chi connectivity index (χ0v) is 17.4. The number of halogens is 2. The van der Waals surface area contributed by atoms with Crippen molar-refractivity contribution in [3.8, 4) is 17.1 Å². The van der Waals surface area contributed by atoms with Crippen LogP contribution in [0.4, 0.5) is 0 Å². The summed E-state index contributed by atoms with van der Waals surface area (Å²) in [6.07, 6.45) is -0.263. The van der Waals surface area contributed by atoms with Crippen LogP contribution in [0.5, 0.6) is 5.75 Å². The van der Waals surface area contributed by atoms with Crippen LogP contribution in [-0.4, -0.2) is 22.8 Å². The Bertz CT molecular complexity index is 1120. The summed E-state index contributed by atoms with van der Waals surface area (Å²) < 4.78 is 16.4. The number of hydrogen-bond acceptors (Lipinski definition) is 7. The Kier molecular flexibility index (Phi) is 6.87. The third kappa shape index (κ3) is 4.70. The highest BCUT2D eigenvalue weighted by molar-refractivity contribution is 6.36. The first kappa shape index (κ1) is 22.0. The van der Waals surface area contributed by atoms with Crippen LogP contribution >= 0.6 is 23.2 Å². The first-order valence-corrected chi connectivity index (χ1v) is 9.77. The van der Waals surface area contributed by atoms with E-state index in [1.54, 1.807) is 37.3 Å². The van der Waals surface area contributed by atoms with Gasteiger partial charge in [-0.25, -0.2) is 0 Å². The minimum atomic E-state index is -0.969. The average molecular weight is 453 g/mol. The van der Waals surface area contributed by atoms with Crippen molar-refractivity contribution in [1.82, 2.24) is 0 Å². The number of hydrogen-bond donors (Lipinski definition) is 2. The van der Waals surface area contributed by atoms with Gasteiger partial charge in [-0.2, -0.15) is 0 Å². The number of aromatic hydroxyl groups is 1. The summed E-state index contributed by atoms with van der Waals surface area (Å²) >= 11 is 12.2. The van der Waals surface area contributed by atoms with Crippen molar-refractivity contribution in [3.63, 3.8) is 0 Å². The molecule has 2 heterocycles. The lowest BCUT2D eigenvalue weighted by Gasteiger charge is -2.15. The molecule has 158 valence electrons. The summed E-state index contributed by atoms with van der Waals surface area (Å²) in [7, 11) is 0. The first-order valence-electron chi connectivity index (χ1n) is 9.01. The molecular formula is C21H18Cl2O7. The van der Waals surface area contributed by atoms with Gasteiger partial charge in [-0.05, 0) is 37.3 Å². The Hall–Kier alpha value is -2.74. The van der Waals surface area contributed by atoms with Gasteiger partial charge in [-0.15, -0.1) is 0 Å². The van der Waals surface area contributed by atoms with Gasteiger partial charge in [0.05, 0.1) is 24.0 Å². The average Bonchev–Trinajstić information content (AvgIpc) is 3.18. The lowest BCUT2D eigenvalue weighted by Crippen LogP contribution is -2.14. The molecular weight excluding hydrogens is 435 g/mol. The second-order valence-electron chi connectivity index (χ2n) is 6.34. The predicted octanol–water partition coefficient (Wildman–Crippen LogP) is 4.49. The Balaban J connectivity index is 2.08. The largest absolute Gasteiger partial charge is 0.502 e. The maximum Gasteiger partial charge on any atom is 0.306 e. The molecule has 3 rings (SSSR count). The van der Waals surface area contributed by atoms with Gasteiger partial charge in [-0.1, -0.05) is 23.2 Å². The van der Waals surface area contributed by atoms with Crippen LogP contribution in [0.25, 0.3) is 11.3 Å². The minimum Gasteiger partial charge on any atom is -0.502 e. The van der Waals surface area contributed by atoms with Crippen molar-refractivity contribution in [2.45, 2.75) is 25.9 Å². The Labute approximate surface area is 181 Å². The number of carbonyl (C=O) groups excluding carboxylic acids is 1. The van der Waals surface area contributed by atoms with Crippen molar-refractivity contribution in [2.75, 3.05) is 6.61 Å². The quantitative estimate of drug-likeness (QED) is 0.508. The lowest BCUT2D eigenvalue weighted by atomic mass is 9.98. The molecule has 0 bridgehead atoms. The van der Waals surface area contributed by atoms with Gasteiger partial charge >= 0.3 is 5.97 Å². The van der Waals surface area contributed by atoms with E-state index in [0.29, 0.717) is 21.4 Å². The fraction of sp³-hybridized carbons (Fsp3) is 0.238. The molecule has 2 N–H and O–H groups in total. The van der Waals surface area contributed by atoms with E-state index < -0.39 is 29.7 Å². The molecule has 0 fully saturated rings. The van der Waals surface area contributed by atoms with Crippen molar-refractivity contribution in [2.24, 2.45) is 0 Å². The summed E-state index contributed by atoms with van der Waals surface area (Å²) in [5.74, 6) is -1.87. The summed E-state index contributed by atoms with van der Waals surface area (Å²) in [5, 5.41) is 20.4. The van der Waals surface area contributed by atoms with Crippen LogP contribution in [-0.2, 0) is 16.1 Å². The standard InChI is InChI=1S/C21H18Cl2O7/c1-2-28-19(26)9-14(21-20(27)16(25)8-12(10-24)29-21)18-6-5-17(30-18)13-4-3-11(22)7-15(13)23/h3-8,14,24,27H,2,9-10H2,1H3/t14-/m1/s1. The summed E-state index contributed by atoms with van der Waals surface area (Å²) in [6, 6.07) is 9.07. The number of furan rings is 1. The minimum absolute atomic E-state index is 0.0609. The van der Waals surface area contributed by atoms with Gasteiger partial charge in [0.1, 0.15) is 23.9 Å². The molecule has 30 heavy (non-hydrogen) atoms. The zero-order valence-electron chi connectivity index (χ0n) is 15.9. The van der Waals surface area contributed by atoms with Crippen LogP contribution in [0.3, 0.4) is 0 Å². The number of ether oxygens (including phenoxy) is 1. The van der Waals surface area contributed by atoms with Gasteiger partial charge in [0.15, 0.2) is 5.76 Å². The number of aliphatic hydroxyl groups excluding tert-OH is 1. The normalized spacial score (nSPS) is 12.0. The van der Waals surface area contributed by atoms with E-state index in [4.69, 9.17) is 36.8 Å². The third-order valence-corrected chi connectivity index (χ3v) is 4.86. The highest BCUT2D eigenvalue weighted by atomic mass is 35.5. The van der Waals surface area contributed by atoms with E-state index in [2.05, 4.69) is 0 Å². The number of esters is 1. The van der Waals surface area contributed by atoms with Gasteiger partial charge < -0.3 is 23.8 Å². The fourth-order valence-electron chi connectivity index (χ4n) is 2.95. The molecule has 9 heteroatoms. The summed E-state index contributed by atoms with van der Waals surface area (Å²) in [6.45, 7) is 1.25. The maximum atomic E-state index is 12.2. The van der Waals surface area contributed by atoms with E-state index in [9.17, 15) is 19.8 Å². The smallest absolute Gasteiger partial charge is 0.306 e. The van der Waals surface area contributed by atoms with Crippen LogP contribution < -0.4 is 5.43 Å². The summed E-state index contributed by atoms with van der Waals surface area (Å²) in [4.78, 5) is 24.2. The van der Waals surface area contributed by atoms with E-state index in [1.807, 2.05) is 0 Å². The van der Waals surface area contributed by atoms with E-state index >= 15 is 0 Å². The molecule has 7 nitrogen and oxygen atoms in total. The first-order chi connectivity index (χ1) is 14.3. The van der Waals surface area contributed by atoms with Crippen LogP contribution in [0.15, 0.2) is 50.0 Å². The second-order valence-corrected chi connectivity index (χ2v) is 7.18. The molecule has 1 atom stereocenters. The van der Waals surface area contributed by atoms with Crippen molar-refractivity contribution >= 4 is 29.2 Å². The highest BCUT2D eigenvalue weighted by Gasteiger charge is 2.29. The summed E-state index contributed by atoms with van der Waals surface area (Å²) in [5.41, 5.74) is -0.182. The van der Waals surface area contributed by atoms with Crippen LogP contribution in [0.1, 0.15) is 36.5 Å². The van der Waals surface area contributed by atoms with Gasteiger partial charge in [0.2, 0.25) is 11.2 Å². The van der Waals surface area contributed by atoms with E-state index in [1.165, 1.54) is 0 Å². The molecule has 1 aromatic carbocycles. The molecule has 0 saturated heterocycles. The Morgan fingerprint density at radius 3 is 2.60 bits per heavy atom. The predicted molar refractivity (Wildman–Crippen MR) is 110 cm³/mol. The van der Waals surface area contributed by atoms with E-state index in [-0.39, 0.29) is 30.3 Å². The van der Waals surface area contributed by atoms with Crippen molar-refractivity contribution < 1.29 is 28.6 Å². The SMILES string of the molecule is CCOC(=O)C[C@H](c1ccc(-c2ccc(Cl)cc2Cl)o1)c1oc(CO)cc(=O)c1O. The molecule has 0 amide bonds. The molecule has 0 radical (unpaired) electrons. The van der Waals surface area contributed by atoms with Crippen LogP contribution in [0, 0.1) is 0 Å². The highest BCUT2D eigenvalue weighted by Crippen LogP contribution is 2.38. The lowest BCUT2D eigenvalue weighted by molar-refractivity contribution is -0.143. The Morgan fingerprint density at radius 2 is 1.93 bits per heavy atom. The van der Waals surface area contributed by atoms with Gasteiger partial charge in [0.25, 0.3) is 0 Å². The number of benzene rings is 1.